The van der Waals surface area contributed by atoms with Gasteiger partial charge in [-0.2, -0.15) is 0 Å². The van der Waals surface area contributed by atoms with Gasteiger partial charge in [0.15, 0.2) is 0 Å². The lowest BCUT2D eigenvalue weighted by molar-refractivity contribution is 0.772. The fraction of sp³-hybridized carbons (Fsp3) is 0.0408. The molecule has 1 aliphatic rings. The highest BCUT2D eigenvalue weighted by atomic mass is 15.0. The Balaban J connectivity index is 1.33. The molecule has 3 heteroatoms. The molecule has 8 aromatic carbocycles. The Morgan fingerprint density at radius 1 is 0.538 bits per heavy atom. The Bertz CT molecular complexity index is 2760. The summed E-state index contributed by atoms with van der Waals surface area (Å²) >= 11 is 0. The Morgan fingerprint density at radius 3 is 1.79 bits per heavy atom. The van der Waals surface area contributed by atoms with E-state index in [1.54, 1.807) is 0 Å². The summed E-state index contributed by atoms with van der Waals surface area (Å²) < 4.78 is 2.49. The highest BCUT2D eigenvalue weighted by molar-refractivity contribution is 6.27. The molecule has 0 bridgehead atoms. The smallest absolute Gasteiger partial charge is 0.125 e. The van der Waals surface area contributed by atoms with E-state index < -0.39 is 5.41 Å². The van der Waals surface area contributed by atoms with Crippen molar-refractivity contribution in [3.63, 3.8) is 0 Å². The highest BCUT2D eigenvalue weighted by Gasteiger charge is 2.49. The summed E-state index contributed by atoms with van der Waals surface area (Å²) in [6.07, 6.45) is 0. The standard InChI is InChI=1S/C49H35N3/c50-48(51-32-33-16-4-1-5-17-33)34-28-30-37(31-29-34)52-43-27-15-13-25-41(43)45-39-23-11-10-22-38(39)44-40-24-12-14-26-42(40)49(46(44)47(45)52,35-18-6-2-7-19-35)36-20-8-3-9-21-36/h1-31H,32H2,(H2,50,51). The van der Waals surface area contributed by atoms with E-state index in [2.05, 4.69) is 174 Å². The van der Waals surface area contributed by atoms with Crippen molar-refractivity contribution >= 4 is 38.4 Å². The second kappa shape index (κ2) is 12.0. The van der Waals surface area contributed by atoms with Crippen molar-refractivity contribution in [3.8, 4) is 16.8 Å². The van der Waals surface area contributed by atoms with Gasteiger partial charge in [-0.15, -0.1) is 0 Å². The van der Waals surface area contributed by atoms with Crippen LogP contribution < -0.4 is 5.73 Å². The van der Waals surface area contributed by atoms with Crippen LogP contribution in [0.1, 0.15) is 33.4 Å². The van der Waals surface area contributed by atoms with Gasteiger partial charge in [-0.25, -0.2) is 0 Å². The molecule has 9 aromatic rings. The lowest BCUT2D eigenvalue weighted by Crippen LogP contribution is -2.29. The molecule has 1 heterocycles. The second-order valence-electron chi connectivity index (χ2n) is 13.6. The predicted molar refractivity (Wildman–Crippen MR) is 216 cm³/mol. The van der Waals surface area contributed by atoms with Gasteiger partial charge in [0.2, 0.25) is 0 Å². The van der Waals surface area contributed by atoms with Crippen molar-refractivity contribution in [1.29, 1.82) is 0 Å². The molecule has 1 aliphatic carbocycles. The van der Waals surface area contributed by atoms with Crippen molar-refractivity contribution in [2.45, 2.75) is 12.0 Å². The third-order valence-electron chi connectivity index (χ3n) is 10.9. The number of nitrogens with zero attached hydrogens (tertiary/aromatic N) is 2. The minimum Gasteiger partial charge on any atom is -0.383 e. The molecule has 0 amide bonds. The van der Waals surface area contributed by atoms with Crippen LogP contribution in [0.25, 0.3) is 49.4 Å². The predicted octanol–water partition coefficient (Wildman–Crippen LogP) is 11.2. The topological polar surface area (TPSA) is 43.3 Å². The number of rotatable bonds is 6. The number of hydrogen-bond acceptors (Lipinski definition) is 1. The quantitative estimate of drug-likeness (QED) is 0.139. The van der Waals surface area contributed by atoms with Crippen LogP contribution in [0, 0.1) is 0 Å². The maximum Gasteiger partial charge on any atom is 0.125 e. The maximum atomic E-state index is 6.58. The lowest BCUT2D eigenvalue weighted by Gasteiger charge is -2.35. The highest BCUT2D eigenvalue weighted by Crippen LogP contribution is 2.61. The van der Waals surface area contributed by atoms with E-state index in [1.807, 2.05) is 18.2 Å². The zero-order valence-electron chi connectivity index (χ0n) is 28.6. The zero-order valence-corrected chi connectivity index (χ0v) is 28.6. The first-order valence-electron chi connectivity index (χ1n) is 17.9. The van der Waals surface area contributed by atoms with Crippen molar-refractivity contribution in [2.75, 3.05) is 0 Å². The maximum absolute atomic E-state index is 6.58. The molecule has 0 unspecified atom stereocenters. The molecule has 0 spiro atoms. The molecular formula is C49H35N3. The first kappa shape index (κ1) is 30.1. The Hall–Kier alpha value is -6.71. The first-order chi connectivity index (χ1) is 25.7. The molecule has 2 N–H and O–H groups in total. The fourth-order valence-corrected chi connectivity index (χ4v) is 8.77. The van der Waals surface area contributed by atoms with Crippen LogP contribution in [0.15, 0.2) is 193 Å². The Morgan fingerprint density at radius 2 is 1.10 bits per heavy atom. The van der Waals surface area contributed by atoms with E-state index in [-0.39, 0.29) is 0 Å². The van der Waals surface area contributed by atoms with Crippen LogP contribution >= 0.6 is 0 Å². The molecule has 0 atom stereocenters. The molecule has 10 rings (SSSR count). The lowest BCUT2D eigenvalue weighted by atomic mass is 9.67. The van der Waals surface area contributed by atoms with E-state index in [4.69, 9.17) is 10.7 Å². The van der Waals surface area contributed by atoms with Gasteiger partial charge in [-0.05, 0) is 74.5 Å². The monoisotopic (exact) mass is 665 g/mol. The van der Waals surface area contributed by atoms with Gasteiger partial charge in [0.05, 0.1) is 23.0 Å². The SMILES string of the molecule is N/C(=N\Cc1ccccc1)c1ccc(-n2c3ccccc3c3c4ccccc4c4c(c32)C(c2ccccc2)(c2ccccc2)c2ccccc2-4)cc1. The Kier molecular flexibility index (Phi) is 6.94. The summed E-state index contributed by atoms with van der Waals surface area (Å²) in [5, 5.41) is 5.02. The van der Waals surface area contributed by atoms with Crippen molar-refractivity contribution in [1.82, 2.24) is 4.57 Å². The van der Waals surface area contributed by atoms with E-state index in [1.165, 1.54) is 66.0 Å². The van der Waals surface area contributed by atoms with Crippen LogP contribution in [-0.4, -0.2) is 10.4 Å². The van der Waals surface area contributed by atoms with E-state index in [0.29, 0.717) is 12.4 Å². The summed E-state index contributed by atoms with van der Waals surface area (Å²) in [4.78, 5) is 4.74. The first-order valence-corrected chi connectivity index (χ1v) is 17.9. The number of para-hydroxylation sites is 1. The Labute approximate surface area is 303 Å². The number of aromatic nitrogens is 1. The average Bonchev–Trinajstić information content (AvgIpc) is 3.73. The van der Waals surface area contributed by atoms with Gasteiger partial charge in [-0.1, -0.05) is 158 Å². The second-order valence-corrected chi connectivity index (χ2v) is 13.6. The molecular weight excluding hydrogens is 631 g/mol. The van der Waals surface area contributed by atoms with E-state index in [0.717, 1.165) is 16.8 Å². The summed E-state index contributed by atoms with van der Waals surface area (Å²) in [5.74, 6) is 0.534. The third kappa shape index (κ3) is 4.36. The number of nitrogens with two attached hydrogens (primary N) is 1. The summed E-state index contributed by atoms with van der Waals surface area (Å²) in [5.41, 5.74) is 19.2. The minimum atomic E-state index is -0.572. The van der Waals surface area contributed by atoms with Gasteiger partial charge in [0.25, 0.3) is 0 Å². The molecule has 0 aliphatic heterocycles. The van der Waals surface area contributed by atoms with Gasteiger partial charge in [0.1, 0.15) is 5.84 Å². The number of fused-ring (bicyclic) bond motifs is 10. The third-order valence-corrected chi connectivity index (χ3v) is 10.9. The van der Waals surface area contributed by atoms with Gasteiger partial charge < -0.3 is 10.3 Å². The molecule has 3 nitrogen and oxygen atoms in total. The van der Waals surface area contributed by atoms with Gasteiger partial charge in [-0.3, -0.25) is 4.99 Å². The summed E-state index contributed by atoms with van der Waals surface area (Å²) in [7, 11) is 0. The number of benzene rings is 8. The van der Waals surface area contributed by atoms with E-state index >= 15 is 0 Å². The molecule has 0 fully saturated rings. The van der Waals surface area contributed by atoms with Crippen LogP contribution in [-0.2, 0) is 12.0 Å². The van der Waals surface area contributed by atoms with Crippen molar-refractivity contribution in [2.24, 2.45) is 10.7 Å². The van der Waals surface area contributed by atoms with Crippen molar-refractivity contribution < 1.29 is 0 Å². The summed E-state index contributed by atoms with van der Waals surface area (Å²) in [6.45, 7) is 0.544. The fourth-order valence-electron chi connectivity index (χ4n) is 8.77. The van der Waals surface area contributed by atoms with Crippen LogP contribution in [0.4, 0.5) is 0 Å². The van der Waals surface area contributed by atoms with Crippen LogP contribution in [0.3, 0.4) is 0 Å². The van der Waals surface area contributed by atoms with Gasteiger partial charge >= 0.3 is 0 Å². The van der Waals surface area contributed by atoms with Crippen molar-refractivity contribution in [3.05, 3.63) is 221 Å². The average molecular weight is 666 g/mol. The molecule has 0 radical (unpaired) electrons. The van der Waals surface area contributed by atoms with Gasteiger partial charge in [0, 0.05) is 27.6 Å². The number of amidine groups is 1. The molecule has 52 heavy (non-hydrogen) atoms. The molecule has 0 saturated carbocycles. The van der Waals surface area contributed by atoms with Crippen LogP contribution in [0.2, 0.25) is 0 Å². The van der Waals surface area contributed by atoms with Crippen LogP contribution in [0.5, 0.6) is 0 Å². The normalized spacial score (nSPS) is 13.4. The molecule has 1 aromatic heterocycles. The zero-order chi connectivity index (χ0) is 34.6. The largest absolute Gasteiger partial charge is 0.383 e. The summed E-state index contributed by atoms with van der Waals surface area (Å²) in [6, 6.07) is 67.9. The number of hydrogen-bond donors (Lipinski definition) is 1. The number of aliphatic imine (C=N–C) groups is 1. The van der Waals surface area contributed by atoms with E-state index in [9.17, 15) is 0 Å². The molecule has 0 saturated heterocycles. The molecule has 246 valence electrons. The minimum absolute atomic E-state index is 0.534.